The van der Waals surface area contributed by atoms with Crippen LogP contribution in [0.5, 0.6) is 0 Å². The molecule has 1 aromatic heterocycles. The molecule has 0 fully saturated rings. The van der Waals surface area contributed by atoms with Gasteiger partial charge in [-0.05, 0) is 32.0 Å². The first-order chi connectivity index (χ1) is 8.06. The Hall–Kier alpha value is -1.14. The smallest absolute Gasteiger partial charge is 0.236 e. The Labute approximate surface area is 103 Å². The average molecular weight is 257 g/mol. The van der Waals surface area contributed by atoms with Crippen molar-refractivity contribution in [2.75, 3.05) is 17.8 Å². The van der Waals surface area contributed by atoms with Crippen molar-refractivity contribution in [3.63, 3.8) is 0 Å². The fourth-order valence-corrected chi connectivity index (χ4v) is 2.28. The van der Waals surface area contributed by atoms with Gasteiger partial charge in [0.05, 0.1) is 10.9 Å². The number of pyridine rings is 1. The number of nitrogens with one attached hydrogen (secondary N) is 2. The number of anilines is 1. The molecule has 0 aromatic carbocycles. The lowest BCUT2D eigenvalue weighted by atomic mass is 10.4. The molecule has 0 aliphatic rings. The molecule has 2 N–H and O–H groups in total. The Morgan fingerprint density at radius 3 is 2.59 bits per heavy atom. The highest BCUT2D eigenvalue weighted by Gasteiger charge is 2.19. The fourth-order valence-electron chi connectivity index (χ4n) is 1.28. The highest BCUT2D eigenvalue weighted by atomic mass is 32.2. The third-order valence-electron chi connectivity index (χ3n) is 2.33. The van der Waals surface area contributed by atoms with E-state index in [4.69, 9.17) is 0 Å². The van der Waals surface area contributed by atoms with E-state index in [-0.39, 0.29) is 0 Å². The second kappa shape index (κ2) is 6.56. The van der Waals surface area contributed by atoms with Crippen molar-refractivity contribution in [2.45, 2.75) is 25.5 Å². The van der Waals surface area contributed by atoms with Gasteiger partial charge in [-0.15, -0.1) is 0 Å². The summed E-state index contributed by atoms with van der Waals surface area (Å²) >= 11 is 0. The van der Waals surface area contributed by atoms with Crippen LogP contribution in [0.3, 0.4) is 0 Å². The van der Waals surface area contributed by atoms with E-state index in [1.165, 1.54) is 0 Å². The van der Waals surface area contributed by atoms with Crippen LogP contribution in [0.1, 0.15) is 20.3 Å². The van der Waals surface area contributed by atoms with Crippen molar-refractivity contribution in [1.82, 2.24) is 10.3 Å². The molecule has 0 aliphatic heterocycles. The summed E-state index contributed by atoms with van der Waals surface area (Å²) in [4.78, 5) is 3.83. The molecule has 0 bridgehead atoms. The molecule has 1 unspecified atom stereocenters. The van der Waals surface area contributed by atoms with E-state index in [0.29, 0.717) is 12.2 Å². The van der Waals surface area contributed by atoms with Gasteiger partial charge in [0.25, 0.3) is 0 Å². The maximum Gasteiger partial charge on any atom is 0.236 e. The molecule has 5 nitrogen and oxygen atoms in total. The number of hydrogen-bond donors (Lipinski definition) is 2. The second-order valence-corrected chi connectivity index (χ2v) is 6.00. The summed E-state index contributed by atoms with van der Waals surface area (Å²) in [6.45, 7) is 5.01. The first kappa shape index (κ1) is 13.9. The first-order valence-corrected chi connectivity index (χ1v) is 7.23. The minimum Gasteiger partial charge on any atom is -0.315 e. The number of rotatable bonds is 7. The van der Waals surface area contributed by atoms with Crippen molar-refractivity contribution in [3.8, 4) is 0 Å². The van der Waals surface area contributed by atoms with Crippen LogP contribution < -0.4 is 10.0 Å². The predicted molar refractivity (Wildman–Crippen MR) is 69.4 cm³/mol. The van der Waals surface area contributed by atoms with Crippen LogP contribution in [-0.2, 0) is 10.0 Å². The summed E-state index contributed by atoms with van der Waals surface area (Å²) in [5.41, 5.74) is 0.544. The summed E-state index contributed by atoms with van der Waals surface area (Å²) in [6.07, 6.45) is 4.10. The zero-order chi connectivity index (χ0) is 12.7. The molecule has 0 saturated carbocycles. The van der Waals surface area contributed by atoms with E-state index < -0.39 is 15.3 Å². The van der Waals surface area contributed by atoms with Crippen LogP contribution in [0.2, 0.25) is 0 Å². The van der Waals surface area contributed by atoms with Crippen molar-refractivity contribution in [1.29, 1.82) is 0 Å². The van der Waals surface area contributed by atoms with Crippen molar-refractivity contribution in [3.05, 3.63) is 24.5 Å². The number of aromatic nitrogens is 1. The highest BCUT2D eigenvalue weighted by Crippen LogP contribution is 2.09. The number of hydrogen-bond acceptors (Lipinski definition) is 4. The van der Waals surface area contributed by atoms with Gasteiger partial charge in [-0.3, -0.25) is 9.71 Å². The summed E-state index contributed by atoms with van der Waals surface area (Å²) < 4.78 is 26.4. The predicted octanol–water partition coefficient (Wildman–Crippen LogP) is 1.21. The lowest BCUT2D eigenvalue weighted by Crippen LogP contribution is -2.35. The van der Waals surface area contributed by atoms with Gasteiger partial charge >= 0.3 is 0 Å². The molecule has 1 aromatic rings. The van der Waals surface area contributed by atoms with Gasteiger partial charge in [0.1, 0.15) is 0 Å². The van der Waals surface area contributed by atoms with Crippen molar-refractivity contribution >= 4 is 15.7 Å². The molecule has 1 rings (SSSR count). The summed E-state index contributed by atoms with van der Waals surface area (Å²) in [7, 11) is -3.33. The van der Waals surface area contributed by atoms with E-state index in [1.807, 2.05) is 6.92 Å². The van der Waals surface area contributed by atoms with Crippen LogP contribution >= 0.6 is 0 Å². The standard InChI is InChI=1S/C11H19N3O2S/c1-3-6-13-9-10(2)17(15,16)14-11-4-7-12-8-5-11/h4-5,7-8,10,13H,3,6,9H2,1-2H3,(H,12,14). The highest BCUT2D eigenvalue weighted by molar-refractivity contribution is 7.93. The van der Waals surface area contributed by atoms with Crippen molar-refractivity contribution < 1.29 is 8.42 Å². The summed E-state index contributed by atoms with van der Waals surface area (Å²) in [5, 5.41) is 2.63. The largest absolute Gasteiger partial charge is 0.315 e. The Morgan fingerprint density at radius 2 is 2.00 bits per heavy atom. The lowest BCUT2D eigenvalue weighted by Gasteiger charge is -2.15. The normalized spacial score (nSPS) is 13.3. The SMILES string of the molecule is CCCNCC(C)S(=O)(=O)Nc1ccncc1. The number of nitrogens with zero attached hydrogens (tertiary/aromatic N) is 1. The topological polar surface area (TPSA) is 71.1 Å². The Kier molecular flexibility index (Phi) is 5.37. The average Bonchev–Trinajstić information content (AvgIpc) is 2.30. The second-order valence-electron chi connectivity index (χ2n) is 3.90. The van der Waals surface area contributed by atoms with Gasteiger partial charge in [-0.2, -0.15) is 0 Å². The quantitative estimate of drug-likeness (QED) is 0.720. The van der Waals surface area contributed by atoms with Crippen molar-refractivity contribution in [2.24, 2.45) is 0 Å². The van der Waals surface area contributed by atoms with Crippen LogP contribution in [-0.4, -0.2) is 31.7 Å². The van der Waals surface area contributed by atoms with Crippen LogP contribution in [0.4, 0.5) is 5.69 Å². The van der Waals surface area contributed by atoms with Crippen LogP contribution in [0.15, 0.2) is 24.5 Å². The minimum absolute atomic E-state index is 0.453. The van der Waals surface area contributed by atoms with E-state index in [2.05, 4.69) is 15.0 Å². The van der Waals surface area contributed by atoms with E-state index in [0.717, 1.165) is 13.0 Å². The zero-order valence-corrected chi connectivity index (χ0v) is 11.0. The van der Waals surface area contributed by atoms with Gasteiger partial charge in [-0.1, -0.05) is 6.92 Å². The number of sulfonamides is 1. The molecule has 0 saturated heterocycles. The summed E-state index contributed by atoms with van der Waals surface area (Å²) in [6, 6.07) is 3.26. The fraction of sp³-hybridized carbons (Fsp3) is 0.545. The van der Waals surface area contributed by atoms with Gasteiger partial charge in [0.15, 0.2) is 0 Å². The zero-order valence-electron chi connectivity index (χ0n) is 10.2. The Bertz CT molecular complexity index is 420. The molecule has 0 aliphatic carbocycles. The minimum atomic E-state index is -3.33. The molecule has 96 valence electrons. The van der Waals surface area contributed by atoms with Gasteiger partial charge in [0.2, 0.25) is 10.0 Å². The molecule has 17 heavy (non-hydrogen) atoms. The van der Waals surface area contributed by atoms with Gasteiger partial charge in [0, 0.05) is 18.9 Å². The molecule has 6 heteroatoms. The van der Waals surface area contributed by atoms with Crippen LogP contribution in [0.25, 0.3) is 0 Å². The third-order valence-corrected chi connectivity index (χ3v) is 4.08. The lowest BCUT2D eigenvalue weighted by molar-refractivity contribution is 0.576. The first-order valence-electron chi connectivity index (χ1n) is 5.68. The van der Waals surface area contributed by atoms with Gasteiger partial charge in [-0.25, -0.2) is 8.42 Å². The monoisotopic (exact) mass is 257 g/mol. The molecule has 0 amide bonds. The third kappa shape index (κ3) is 4.70. The molecule has 0 radical (unpaired) electrons. The Balaban J connectivity index is 2.56. The van der Waals surface area contributed by atoms with Crippen LogP contribution in [0, 0.1) is 0 Å². The molecule has 0 spiro atoms. The van der Waals surface area contributed by atoms with E-state index in [9.17, 15) is 8.42 Å². The molecular formula is C11H19N3O2S. The maximum atomic E-state index is 11.9. The molecule has 1 heterocycles. The maximum absolute atomic E-state index is 11.9. The Morgan fingerprint density at radius 1 is 1.35 bits per heavy atom. The van der Waals surface area contributed by atoms with E-state index in [1.54, 1.807) is 31.5 Å². The van der Waals surface area contributed by atoms with E-state index >= 15 is 0 Å². The molecular weight excluding hydrogens is 238 g/mol. The molecule has 1 atom stereocenters. The van der Waals surface area contributed by atoms with Gasteiger partial charge < -0.3 is 5.32 Å². The summed E-state index contributed by atoms with van der Waals surface area (Å²) in [5.74, 6) is 0.